The number of aryl methyl sites for hydroxylation is 1. The summed E-state index contributed by atoms with van der Waals surface area (Å²) in [7, 11) is 0. The molecule has 0 fully saturated rings. The molecule has 0 aliphatic carbocycles. The molecule has 1 heterocycles. The first-order valence-corrected chi connectivity index (χ1v) is 8.47. The molecule has 0 bridgehead atoms. The molecule has 0 amide bonds. The molecule has 0 saturated heterocycles. The van der Waals surface area contributed by atoms with Gasteiger partial charge >= 0.3 is 11.6 Å². The maximum atomic E-state index is 12.2. The van der Waals surface area contributed by atoms with Gasteiger partial charge in [-0.1, -0.05) is 30.3 Å². The van der Waals surface area contributed by atoms with Gasteiger partial charge in [0, 0.05) is 17.0 Å². The van der Waals surface area contributed by atoms with Crippen LogP contribution in [0, 0.1) is 6.92 Å². The second-order valence-corrected chi connectivity index (χ2v) is 5.85. The van der Waals surface area contributed by atoms with Crippen LogP contribution in [0.4, 0.5) is 0 Å². The van der Waals surface area contributed by atoms with Crippen LogP contribution in [-0.4, -0.2) is 25.0 Å². The van der Waals surface area contributed by atoms with Gasteiger partial charge in [-0.05, 0) is 31.5 Å². The van der Waals surface area contributed by atoms with Crippen LogP contribution in [0.15, 0.2) is 57.7 Å². The van der Waals surface area contributed by atoms with Crippen LogP contribution in [0.2, 0.25) is 0 Å². The maximum Gasteiger partial charge on any atom is 0.351 e. The predicted octanol–water partition coefficient (Wildman–Crippen LogP) is 3.54. The normalized spacial score (nSPS) is 10.6. The summed E-state index contributed by atoms with van der Waals surface area (Å²) >= 11 is 0. The molecule has 138 valence electrons. The SMILES string of the molecule is CCOC(=O)c1c(C)c2ccc(OCC(=O)c3ccccc3)cc2oc1=O. The van der Waals surface area contributed by atoms with E-state index in [4.69, 9.17) is 13.9 Å². The number of benzene rings is 2. The minimum absolute atomic E-state index is 0.114. The van der Waals surface area contributed by atoms with Crippen LogP contribution >= 0.6 is 0 Å². The summed E-state index contributed by atoms with van der Waals surface area (Å²) in [6.07, 6.45) is 0. The van der Waals surface area contributed by atoms with Gasteiger partial charge in [0.25, 0.3) is 0 Å². The third-order valence-corrected chi connectivity index (χ3v) is 4.08. The highest BCUT2D eigenvalue weighted by molar-refractivity contribution is 5.97. The van der Waals surface area contributed by atoms with E-state index in [9.17, 15) is 14.4 Å². The maximum absolute atomic E-state index is 12.2. The first-order chi connectivity index (χ1) is 13.0. The fourth-order valence-corrected chi connectivity index (χ4v) is 2.72. The molecule has 6 nitrogen and oxygen atoms in total. The van der Waals surface area contributed by atoms with Gasteiger partial charge in [-0.15, -0.1) is 0 Å². The van der Waals surface area contributed by atoms with E-state index in [1.807, 2.05) is 6.07 Å². The molecule has 0 spiro atoms. The molecule has 6 heteroatoms. The van der Waals surface area contributed by atoms with E-state index >= 15 is 0 Å². The molecular formula is C21H18O6. The average molecular weight is 366 g/mol. The van der Waals surface area contributed by atoms with Crippen molar-refractivity contribution in [1.29, 1.82) is 0 Å². The average Bonchev–Trinajstić information content (AvgIpc) is 2.66. The van der Waals surface area contributed by atoms with E-state index in [1.165, 1.54) is 6.07 Å². The number of carbonyl (C=O) groups is 2. The molecule has 0 unspecified atom stereocenters. The van der Waals surface area contributed by atoms with Gasteiger partial charge in [0.15, 0.2) is 12.4 Å². The van der Waals surface area contributed by atoms with Gasteiger partial charge in [0.05, 0.1) is 6.61 Å². The summed E-state index contributed by atoms with van der Waals surface area (Å²) in [4.78, 5) is 36.3. The van der Waals surface area contributed by atoms with Crippen molar-refractivity contribution >= 4 is 22.7 Å². The van der Waals surface area contributed by atoms with Crippen LogP contribution in [-0.2, 0) is 4.74 Å². The van der Waals surface area contributed by atoms with Crippen molar-refractivity contribution in [3.05, 3.63) is 75.6 Å². The summed E-state index contributed by atoms with van der Waals surface area (Å²) in [5, 5.41) is 0.597. The van der Waals surface area contributed by atoms with Crippen molar-refractivity contribution in [3.63, 3.8) is 0 Å². The van der Waals surface area contributed by atoms with E-state index in [0.29, 0.717) is 22.3 Å². The zero-order chi connectivity index (χ0) is 19.4. The Morgan fingerprint density at radius 2 is 1.81 bits per heavy atom. The van der Waals surface area contributed by atoms with Crippen molar-refractivity contribution in [2.24, 2.45) is 0 Å². The first kappa shape index (κ1) is 18.4. The lowest BCUT2D eigenvalue weighted by Gasteiger charge is -2.09. The number of carbonyl (C=O) groups excluding carboxylic acids is 2. The fourth-order valence-electron chi connectivity index (χ4n) is 2.72. The van der Waals surface area contributed by atoms with E-state index < -0.39 is 11.6 Å². The molecule has 0 aliphatic heterocycles. The Morgan fingerprint density at radius 1 is 1.07 bits per heavy atom. The van der Waals surface area contributed by atoms with Crippen LogP contribution < -0.4 is 10.4 Å². The Labute approximate surface area is 155 Å². The van der Waals surface area contributed by atoms with E-state index in [1.54, 1.807) is 50.2 Å². The zero-order valence-corrected chi connectivity index (χ0v) is 15.0. The minimum atomic E-state index is -0.768. The van der Waals surface area contributed by atoms with Gasteiger partial charge < -0.3 is 13.9 Å². The Hall–Kier alpha value is -3.41. The van der Waals surface area contributed by atoms with Gasteiger partial charge in [-0.3, -0.25) is 4.79 Å². The van der Waals surface area contributed by atoms with Crippen molar-refractivity contribution < 1.29 is 23.5 Å². The molecule has 2 aromatic carbocycles. The number of hydrogen-bond acceptors (Lipinski definition) is 6. The van der Waals surface area contributed by atoms with Crippen molar-refractivity contribution in [2.75, 3.05) is 13.2 Å². The molecule has 1 aromatic heterocycles. The molecular weight excluding hydrogens is 348 g/mol. The monoisotopic (exact) mass is 366 g/mol. The number of hydrogen-bond donors (Lipinski definition) is 0. The number of ether oxygens (including phenoxy) is 2. The second-order valence-electron chi connectivity index (χ2n) is 5.85. The molecule has 0 saturated carbocycles. The molecule has 3 rings (SSSR count). The highest BCUT2D eigenvalue weighted by Gasteiger charge is 2.20. The summed E-state index contributed by atoms with van der Waals surface area (Å²) in [5.41, 5.74) is 0.426. The Kier molecular flexibility index (Phi) is 5.35. The summed E-state index contributed by atoms with van der Waals surface area (Å²) in [6, 6.07) is 13.7. The Balaban J connectivity index is 1.85. The lowest BCUT2D eigenvalue weighted by Crippen LogP contribution is -2.18. The summed E-state index contributed by atoms with van der Waals surface area (Å²) in [6.45, 7) is 3.35. The third kappa shape index (κ3) is 3.89. The number of rotatable bonds is 6. The molecule has 27 heavy (non-hydrogen) atoms. The van der Waals surface area contributed by atoms with E-state index in [-0.39, 0.29) is 30.1 Å². The highest BCUT2D eigenvalue weighted by atomic mass is 16.5. The van der Waals surface area contributed by atoms with E-state index in [2.05, 4.69) is 0 Å². The van der Waals surface area contributed by atoms with Gasteiger partial charge in [0.1, 0.15) is 16.9 Å². The second kappa shape index (κ2) is 7.86. The van der Waals surface area contributed by atoms with Crippen molar-refractivity contribution in [2.45, 2.75) is 13.8 Å². The zero-order valence-electron chi connectivity index (χ0n) is 15.0. The lowest BCUT2D eigenvalue weighted by molar-refractivity contribution is 0.0520. The number of Topliss-reactive ketones (excluding diaryl/α,β-unsaturated/α-hetero) is 1. The number of esters is 1. The van der Waals surface area contributed by atoms with Crippen molar-refractivity contribution in [3.8, 4) is 5.75 Å². The number of ketones is 1. The third-order valence-electron chi connectivity index (χ3n) is 4.08. The topological polar surface area (TPSA) is 82.8 Å². The molecule has 3 aromatic rings. The minimum Gasteiger partial charge on any atom is -0.485 e. The highest BCUT2D eigenvalue weighted by Crippen LogP contribution is 2.24. The first-order valence-electron chi connectivity index (χ1n) is 8.47. The Morgan fingerprint density at radius 3 is 2.52 bits per heavy atom. The molecule has 0 atom stereocenters. The molecule has 0 radical (unpaired) electrons. The van der Waals surface area contributed by atoms with Gasteiger partial charge in [0.2, 0.25) is 0 Å². The van der Waals surface area contributed by atoms with Gasteiger partial charge in [-0.25, -0.2) is 9.59 Å². The largest absolute Gasteiger partial charge is 0.485 e. The summed E-state index contributed by atoms with van der Waals surface area (Å²) in [5.74, 6) is -0.483. The van der Waals surface area contributed by atoms with Crippen LogP contribution in [0.5, 0.6) is 5.75 Å². The van der Waals surface area contributed by atoms with Crippen LogP contribution in [0.1, 0.15) is 33.2 Å². The van der Waals surface area contributed by atoms with Crippen LogP contribution in [0.3, 0.4) is 0 Å². The smallest absolute Gasteiger partial charge is 0.351 e. The van der Waals surface area contributed by atoms with Gasteiger partial charge in [-0.2, -0.15) is 0 Å². The Bertz CT molecular complexity index is 1050. The predicted molar refractivity (Wildman–Crippen MR) is 99.4 cm³/mol. The lowest BCUT2D eigenvalue weighted by atomic mass is 10.1. The quantitative estimate of drug-likeness (QED) is 0.377. The fraction of sp³-hybridized carbons (Fsp3) is 0.190. The summed E-state index contributed by atoms with van der Waals surface area (Å²) < 4.78 is 15.7. The standard InChI is InChI=1S/C21H18O6/c1-3-25-20(23)19-13(2)16-10-9-15(11-18(16)27-21(19)24)26-12-17(22)14-7-5-4-6-8-14/h4-11H,3,12H2,1-2H3. The van der Waals surface area contributed by atoms with Crippen molar-refractivity contribution in [1.82, 2.24) is 0 Å². The molecule has 0 aliphatic rings. The number of fused-ring (bicyclic) bond motifs is 1. The van der Waals surface area contributed by atoms with E-state index in [0.717, 1.165) is 0 Å². The molecule has 0 N–H and O–H groups in total. The van der Waals surface area contributed by atoms with Crippen LogP contribution in [0.25, 0.3) is 11.0 Å².